The lowest BCUT2D eigenvalue weighted by Crippen LogP contribution is -2.51. The molecule has 1 aromatic carbocycles. The van der Waals surface area contributed by atoms with Crippen LogP contribution in [0.15, 0.2) is 18.2 Å². The number of rotatable bonds is 6. The van der Waals surface area contributed by atoms with E-state index in [1.54, 1.807) is 6.92 Å². The fourth-order valence-corrected chi connectivity index (χ4v) is 1.59. The van der Waals surface area contributed by atoms with Gasteiger partial charge in [-0.3, -0.25) is 14.9 Å². The average Bonchev–Trinajstić information content (AvgIpc) is 2.45. The van der Waals surface area contributed by atoms with Crippen molar-refractivity contribution in [3.63, 3.8) is 0 Å². The zero-order valence-electron chi connectivity index (χ0n) is 11.9. The molecule has 1 aromatic rings. The Labute approximate surface area is 120 Å². The zero-order valence-corrected chi connectivity index (χ0v) is 11.9. The summed E-state index contributed by atoms with van der Waals surface area (Å²) in [5.41, 5.74) is -1.60. The molecule has 0 saturated carbocycles. The van der Waals surface area contributed by atoms with Crippen LogP contribution >= 0.6 is 0 Å². The molecule has 0 radical (unpaired) electrons. The molecule has 1 unspecified atom stereocenters. The normalized spacial score (nSPS) is 13.1. The Kier molecular flexibility index (Phi) is 4.85. The van der Waals surface area contributed by atoms with E-state index in [4.69, 9.17) is 9.84 Å². The van der Waals surface area contributed by atoms with E-state index in [1.807, 2.05) is 0 Å². The molecule has 1 rings (SSSR count). The maximum Gasteiger partial charge on any atom is 0.329 e. The van der Waals surface area contributed by atoms with Crippen molar-refractivity contribution < 1.29 is 24.4 Å². The summed E-state index contributed by atoms with van der Waals surface area (Å²) in [6.45, 7) is 3.01. The number of ether oxygens (including phenoxy) is 1. The van der Waals surface area contributed by atoms with Crippen molar-refractivity contribution in [1.29, 1.82) is 0 Å². The van der Waals surface area contributed by atoms with Crippen molar-refractivity contribution >= 4 is 17.6 Å². The van der Waals surface area contributed by atoms with E-state index in [2.05, 4.69) is 5.32 Å². The van der Waals surface area contributed by atoms with Crippen LogP contribution in [0.3, 0.4) is 0 Å². The number of methoxy groups -OCH3 is 1. The first kappa shape index (κ1) is 16.4. The molecule has 0 saturated heterocycles. The Bertz CT molecular complexity index is 586. The number of carbonyl (C=O) groups is 2. The number of hydrogen-bond acceptors (Lipinski definition) is 5. The molecule has 2 N–H and O–H groups in total. The highest BCUT2D eigenvalue weighted by Crippen LogP contribution is 2.27. The minimum atomic E-state index is -1.41. The van der Waals surface area contributed by atoms with Gasteiger partial charge in [0, 0.05) is 17.7 Å². The van der Waals surface area contributed by atoms with Crippen molar-refractivity contribution in [3.8, 4) is 5.75 Å². The van der Waals surface area contributed by atoms with E-state index in [-0.39, 0.29) is 23.4 Å². The summed E-state index contributed by atoms with van der Waals surface area (Å²) < 4.78 is 4.86. The third-order valence-corrected chi connectivity index (χ3v) is 3.21. The first-order chi connectivity index (χ1) is 9.75. The van der Waals surface area contributed by atoms with Crippen LogP contribution in [0.4, 0.5) is 5.69 Å². The smallest absolute Gasteiger partial charge is 0.329 e. The summed E-state index contributed by atoms with van der Waals surface area (Å²) >= 11 is 0. The summed E-state index contributed by atoms with van der Waals surface area (Å²) in [5, 5.41) is 22.3. The summed E-state index contributed by atoms with van der Waals surface area (Å²) in [6, 6.07) is 3.58. The van der Waals surface area contributed by atoms with Crippen LogP contribution in [0.1, 0.15) is 30.6 Å². The second-order valence-corrected chi connectivity index (χ2v) is 4.59. The quantitative estimate of drug-likeness (QED) is 0.607. The van der Waals surface area contributed by atoms with Gasteiger partial charge in [0.25, 0.3) is 5.91 Å². The van der Waals surface area contributed by atoms with Gasteiger partial charge in [0.1, 0.15) is 5.54 Å². The van der Waals surface area contributed by atoms with Crippen LogP contribution in [-0.2, 0) is 4.79 Å². The maximum atomic E-state index is 12.1. The average molecular weight is 296 g/mol. The number of carboxylic acids is 1. The number of nitro groups is 1. The first-order valence-corrected chi connectivity index (χ1v) is 6.13. The zero-order chi connectivity index (χ0) is 16.2. The number of carboxylic acid groups (broad SMARTS) is 1. The summed E-state index contributed by atoms with van der Waals surface area (Å²) in [7, 11) is 1.25. The van der Waals surface area contributed by atoms with Gasteiger partial charge in [-0.25, -0.2) is 4.79 Å². The lowest BCUT2D eigenvalue weighted by molar-refractivity contribution is -0.385. The van der Waals surface area contributed by atoms with Crippen LogP contribution in [0.5, 0.6) is 5.75 Å². The molecule has 0 spiro atoms. The number of nitrogens with zero attached hydrogens (tertiary/aromatic N) is 1. The van der Waals surface area contributed by atoms with E-state index in [0.29, 0.717) is 0 Å². The van der Waals surface area contributed by atoms with Crippen molar-refractivity contribution in [1.82, 2.24) is 5.32 Å². The van der Waals surface area contributed by atoms with Gasteiger partial charge in [0.15, 0.2) is 5.75 Å². The second kappa shape index (κ2) is 6.21. The number of benzene rings is 1. The van der Waals surface area contributed by atoms with Crippen molar-refractivity contribution in [3.05, 3.63) is 33.9 Å². The fraction of sp³-hybridized carbons (Fsp3) is 0.385. The lowest BCUT2D eigenvalue weighted by atomic mass is 9.98. The first-order valence-electron chi connectivity index (χ1n) is 6.13. The molecular formula is C13H16N2O6. The minimum absolute atomic E-state index is 0.0684. The Morgan fingerprint density at radius 3 is 2.52 bits per heavy atom. The van der Waals surface area contributed by atoms with Crippen molar-refractivity contribution in [2.24, 2.45) is 0 Å². The summed E-state index contributed by atoms with van der Waals surface area (Å²) in [4.78, 5) is 33.4. The molecule has 0 aliphatic carbocycles. The van der Waals surface area contributed by atoms with Crippen molar-refractivity contribution in [2.75, 3.05) is 7.11 Å². The van der Waals surface area contributed by atoms with Crippen LogP contribution < -0.4 is 10.1 Å². The number of amides is 1. The lowest BCUT2D eigenvalue weighted by Gasteiger charge is -2.24. The standard InChI is InChI=1S/C13H16N2O6/c1-4-13(2,12(17)18)14-11(16)8-5-6-9(15(19)20)10(7-8)21-3/h5-7H,4H2,1-3H3,(H,14,16)(H,17,18). The van der Waals surface area contributed by atoms with Gasteiger partial charge >= 0.3 is 11.7 Å². The number of hydrogen-bond donors (Lipinski definition) is 2. The Morgan fingerprint density at radius 1 is 1.48 bits per heavy atom. The molecular weight excluding hydrogens is 280 g/mol. The molecule has 0 aromatic heterocycles. The van der Waals surface area contributed by atoms with Gasteiger partial charge in [0.2, 0.25) is 0 Å². The molecule has 21 heavy (non-hydrogen) atoms. The highest BCUT2D eigenvalue weighted by atomic mass is 16.6. The van der Waals surface area contributed by atoms with Crippen LogP contribution in [0.25, 0.3) is 0 Å². The molecule has 0 aliphatic heterocycles. The number of nitrogens with one attached hydrogen (secondary N) is 1. The summed E-state index contributed by atoms with van der Waals surface area (Å²) in [6.07, 6.45) is 0.193. The second-order valence-electron chi connectivity index (χ2n) is 4.59. The van der Waals surface area contributed by atoms with Gasteiger partial charge in [-0.15, -0.1) is 0 Å². The van der Waals surface area contributed by atoms with Gasteiger partial charge in [-0.1, -0.05) is 6.92 Å². The molecule has 8 heteroatoms. The van der Waals surface area contributed by atoms with Crippen LogP contribution in [-0.4, -0.2) is 34.6 Å². The monoisotopic (exact) mass is 296 g/mol. The Balaban J connectivity index is 3.09. The van der Waals surface area contributed by atoms with E-state index in [0.717, 1.165) is 6.07 Å². The van der Waals surface area contributed by atoms with Crippen LogP contribution in [0, 0.1) is 10.1 Å². The predicted molar refractivity (Wildman–Crippen MR) is 73.4 cm³/mol. The summed E-state index contributed by atoms with van der Waals surface area (Å²) in [5.74, 6) is -1.87. The van der Waals surface area contributed by atoms with Gasteiger partial charge in [-0.2, -0.15) is 0 Å². The number of nitro benzene ring substituents is 1. The highest BCUT2D eigenvalue weighted by molar-refractivity contribution is 5.98. The molecule has 114 valence electrons. The van der Waals surface area contributed by atoms with Gasteiger partial charge in [-0.05, 0) is 19.4 Å². The van der Waals surface area contributed by atoms with Crippen molar-refractivity contribution in [2.45, 2.75) is 25.8 Å². The SMILES string of the molecule is CCC(C)(NC(=O)c1ccc([N+](=O)[O-])c(OC)c1)C(=O)O. The Hall–Kier alpha value is -2.64. The Morgan fingerprint density at radius 2 is 2.10 bits per heavy atom. The van der Waals surface area contributed by atoms with E-state index in [9.17, 15) is 19.7 Å². The number of aliphatic carboxylic acids is 1. The maximum absolute atomic E-state index is 12.1. The van der Waals surface area contributed by atoms with Crippen LogP contribution in [0.2, 0.25) is 0 Å². The van der Waals surface area contributed by atoms with Gasteiger partial charge in [0.05, 0.1) is 12.0 Å². The predicted octanol–water partition coefficient (Wildman–Crippen LogP) is 1.59. The third kappa shape index (κ3) is 3.47. The third-order valence-electron chi connectivity index (χ3n) is 3.21. The highest BCUT2D eigenvalue weighted by Gasteiger charge is 2.33. The minimum Gasteiger partial charge on any atom is -0.490 e. The fourth-order valence-electron chi connectivity index (χ4n) is 1.59. The van der Waals surface area contributed by atoms with E-state index >= 15 is 0 Å². The largest absolute Gasteiger partial charge is 0.490 e. The van der Waals surface area contributed by atoms with E-state index in [1.165, 1.54) is 26.2 Å². The molecule has 0 fully saturated rings. The molecule has 0 bridgehead atoms. The molecule has 0 aliphatic rings. The molecule has 0 heterocycles. The molecule has 1 atom stereocenters. The number of carbonyl (C=O) groups excluding carboxylic acids is 1. The molecule has 1 amide bonds. The topological polar surface area (TPSA) is 119 Å². The van der Waals surface area contributed by atoms with E-state index < -0.39 is 22.3 Å². The molecule has 8 nitrogen and oxygen atoms in total. The van der Waals surface area contributed by atoms with Gasteiger partial charge < -0.3 is 15.2 Å².